The first-order valence-electron chi connectivity index (χ1n) is 10.9. The summed E-state index contributed by atoms with van der Waals surface area (Å²) >= 11 is 0. The van der Waals surface area contributed by atoms with E-state index < -0.39 is 0 Å². The average Bonchev–Trinajstić information content (AvgIpc) is 3.40. The van der Waals surface area contributed by atoms with Crippen molar-refractivity contribution in [1.29, 1.82) is 0 Å². The van der Waals surface area contributed by atoms with E-state index in [-0.39, 0.29) is 30.3 Å². The van der Waals surface area contributed by atoms with E-state index in [0.29, 0.717) is 31.7 Å². The molecule has 2 heterocycles. The maximum atomic E-state index is 13.6. The largest absolute Gasteiger partial charge is 0.377 e. The van der Waals surface area contributed by atoms with Gasteiger partial charge in [0.1, 0.15) is 5.82 Å². The molecule has 31 heavy (non-hydrogen) atoms. The molecule has 2 aliphatic heterocycles. The molecular weight excluding hydrogens is 397 g/mol. The molecule has 164 valence electrons. The highest BCUT2D eigenvalue weighted by atomic mass is 19.1. The molecule has 1 N–H and O–H groups in total. The van der Waals surface area contributed by atoms with Crippen LogP contribution in [0.4, 0.5) is 15.8 Å². The van der Waals surface area contributed by atoms with E-state index in [4.69, 9.17) is 4.74 Å². The summed E-state index contributed by atoms with van der Waals surface area (Å²) in [7, 11) is 0. The van der Waals surface area contributed by atoms with Gasteiger partial charge in [0.05, 0.1) is 24.0 Å². The number of nitrogens with zero attached hydrogens (tertiary/aromatic N) is 2. The Morgan fingerprint density at radius 3 is 2.81 bits per heavy atom. The molecule has 2 aromatic rings. The molecule has 0 bridgehead atoms. The van der Waals surface area contributed by atoms with Crippen molar-refractivity contribution >= 4 is 23.2 Å². The van der Waals surface area contributed by atoms with Crippen LogP contribution in [0.2, 0.25) is 0 Å². The molecule has 1 atom stereocenters. The van der Waals surface area contributed by atoms with Crippen LogP contribution in [-0.2, 0) is 20.9 Å². The highest BCUT2D eigenvalue weighted by molar-refractivity contribution is 6.02. The van der Waals surface area contributed by atoms with Crippen LogP contribution in [0.5, 0.6) is 0 Å². The third kappa shape index (κ3) is 5.68. The van der Waals surface area contributed by atoms with Crippen LogP contribution in [0, 0.1) is 5.82 Å². The van der Waals surface area contributed by atoms with Gasteiger partial charge in [-0.25, -0.2) is 4.39 Å². The number of hydrogen-bond acceptors (Lipinski definition) is 4. The SMILES string of the molecule is O=C(CN(Cc1cccc(F)c1)CC1CCCO1)Nc1ccccc1N1CCCC1=O. The number of amides is 2. The quantitative estimate of drug-likeness (QED) is 0.702. The first-order chi connectivity index (χ1) is 15.1. The second kappa shape index (κ2) is 10.0. The lowest BCUT2D eigenvalue weighted by atomic mass is 10.1. The number of carbonyl (C=O) groups excluding carboxylic acids is 2. The van der Waals surface area contributed by atoms with Crippen LogP contribution < -0.4 is 10.2 Å². The summed E-state index contributed by atoms with van der Waals surface area (Å²) in [6.45, 7) is 2.62. The molecule has 4 rings (SSSR count). The minimum atomic E-state index is -0.289. The van der Waals surface area contributed by atoms with Crippen LogP contribution >= 0.6 is 0 Å². The van der Waals surface area contributed by atoms with Crippen molar-refractivity contribution < 1.29 is 18.7 Å². The maximum Gasteiger partial charge on any atom is 0.238 e. The van der Waals surface area contributed by atoms with Gasteiger partial charge < -0.3 is 15.0 Å². The van der Waals surface area contributed by atoms with Gasteiger partial charge in [-0.1, -0.05) is 24.3 Å². The Morgan fingerprint density at radius 2 is 2.06 bits per heavy atom. The van der Waals surface area contributed by atoms with Crippen molar-refractivity contribution in [2.24, 2.45) is 0 Å². The second-order valence-electron chi connectivity index (χ2n) is 8.15. The minimum Gasteiger partial charge on any atom is -0.377 e. The molecule has 1 unspecified atom stereocenters. The second-order valence-corrected chi connectivity index (χ2v) is 8.15. The lowest BCUT2D eigenvalue weighted by Gasteiger charge is -2.25. The zero-order valence-corrected chi connectivity index (χ0v) is 17.6. The molecule has 2 amide bonds. The molecule has 2 aromatic carbocycles. The predicted octanol–water partition coefficient (Wildman–Crippen LogP) is 3.57. The molecular formula is C24H28FN3O3. The molecule has 7 heteroatoms. The molecule has 0 radical (unpaired) electrons. The van der Waals surface area contributed by atoms with E-state index in [2.05, 4.69) is 5.32 Å². The molecule has 0 spiro atoms. The summed E-state index contributed by atoms with van der Waals surface area (Å²) in [5, 5.41) is 2.97. The van der Waals surface area contributed by atoms with Crippen molar-refractivity contribution in [3.05, 3.63) is 59.9 Å². The molecule has 0 aromatic heterocycles. The van der Waals surface area contributed by atoms with Gasteiger partial charge in [0, 0.05) is 32.7 Å². The Bertz CT molecular complexity index is 930. The number of carbonyl (C=O) groups is 2. The van der Waals surface area contributed by atoms with Gasteiger partial charge >= 0.3 is 0 Å². The van der Waals surface area contributed by atoms with Crippen molar-refractivity contribution in [1.82, 2.24) is 4.90 Å². The van der Waals surface area contributed by atoms with Gasteiger partial charge in [0.25, 0.3) is 0 Å². The highest BCUT2D eigenvalue weighted by Crippen LogP contribution is 2.29. The van der Waals surface area contributed by atoms with Crippen LogP contribution in [0.15, 0.2) is 48.5 Å². The summed E-state index contributed by atoms with van der Waals surface area (Å²) < 4.78 is 19.4. The molecule has 2 fully saturated rings. The van der Waals surface area contributed by atoms with Crippen molar-refractivity contribution in [3.63, 3.8) is 0 Å². The number of hydrogen-bond donors (Lipinski definition) is 1. The third-order valence-corrected chi connectivity index (χ3v) is 5.69. The van der Waals surface area contributed by atoms with Gasteiger partial charge in [-0.2, -0.15) is 0 Å². The molecule has 6 nitrogen and oxygen atoms in total. The number of para-hydroxylation sites is 2. The number of nitrogens with one attached hydrogen (secondary N) is 1. The van der Waals surface area contributed by atoms with Gasteiger partial charge in [-0.05, 0) is 49.1 Å². The molecule has 2 saturated heterocycles. The van der Waals surface area contributed by atoms with Crippen LogP contribution in [0.25, 0.3) is 0 Å². The Kier molecular flexibility index (Phi) is 6.94. The zero-order valence-electron chi connectivity index (χ0n) is 17.6. The Hall–Kier alpha value is -2.77. The van der Waals surface area contributed by atoms with Crippen LogP contribution in [0.3, 0.4) is 0 Å². The highest BCUT2D eigenvalue weighted by Gasteiger charge is 2.25. The van der Waals surface area contributed by atoms with E-state index in [0.717, 1.165) is 37.1 Å². The molecule has 0 aliphatic carbocycles. The standard InChI is InChI=1S/C24H28FN3O3/c25-19-7-3-6-18(14-19)15-27(16-20-8-5-13-31-20)17-23(29)26-21-9-1-2-10-22(21)28-12-4-11-24(28)30/h1-3,6-7,9-10,14,20H,4-5,8,11-13,15-17H2,(H,26,29). The lowest BCUT2D eigenvalue weighted by Crippen LogP contribution is -2.38. The molecule has 0 saturated carbocycles. The normalized spacial score (nSPS) is 18.7. The number of ether oxygens (including phenoxy) is 1. The summed E-state index contributed by atoms with van der Waals surface area (Å²) in [6, 6.07) is 13.8. The van der Waals surface area contributed by atoms with E-state index in [9.17, 15) is 14.0 Å². The Balaban J connectivity index is 1.45. The third-order valence-electron chi connectivity index (χ3n) is 5.69. The van der Waals surface area contributed by atoms with Gasteiger partial charge in [0.15, 0.2) is 0 Å². The maximum absolute atomic E-state index is 13.6. The Morgan fingerprint density at radius 1 is 1.19 bits per heavy atom. The average molecular weight is 426 g/mol. The predicted molar refractivity (Wildman–Crippen MR) is 117 cm³/mol. The number of anilines is 2. The minimum absolute atomic E-state index is 0.0767. The summed E-state index contributed by atoms with van der Waals surface area (Å²) in [6.07, 6.45) is 3.41. The van der Waals surface area contributed by atoms with Crippen molar-refractivity contribution in [2.45, 2.75) is 38.3 Å². The zero-order chi connectivity index (χ0) is 21.6. The summed E-state index contributed by atoms with van der Waals surface area (Å²) in [5.74, 6) is -0.385. The number of halogens is 1. The smallest absolute Gasteiger partial charge is 0.238 e. The summed E-state index contributed by atoms with van der Waals surface area (Å²) in [5.41, 5.74) is 2.17. The van der Waals surface area contributed by atoms with E-state index >= 15 is 0 Å². The first kappa shape index (κ1) is 21.5. The van der Waals surface area contributed by atoms with Crippen LogP contribution in [0.1, 0.15) is 31.2 Å². The van der Waals surface area contributed by atoms with Gasteiger partial charge in [-0.15, -0.1) is 0 Å². The summed E-state index contributed by atoms with van der Waals surface area (Å²) in [4.78, 5) is 28.8. The number of rotatable bonds is 8. The fraction of sp³-hybridized carbons (Fsp3) is 0.417. The van der Waals surface area contributed by atoms with Gasteiger partial charge in [-0.3, -0.25) is 14.5 Å². The number of benzene rings is 2. The van der Waals surface area contributed by atoms with E-state index in [1.54, 1.807) is 11.0 Å². The fourth-order valence-corrected chi connectivity index (χ4v) is 4.27. The first-order valence-corrected chi connectivity index (χ1v) is 10.9. The van der Waals surface area contributed by atoms with Crippen LogP contribution in [-0.4, -0.2) is 49.1 Å². The Labute approximate surface area is 182 Å². The molecule has 2 aliphatic rings. The van der Waals surface area contributed by atoms with Crippen molar-refractivity contribution in [2.75, 3.05) is 36.5 Å². The monoisotopic (exact) mass is 425 g/mol. The van der Waals surface area contributed by atoms with Crippen molar-refractivity contribution in [3.8, 4) is 0 Å². The van der Waals surface area contributed by atoms with E-state index in [1.807, 2.05) is 35.2 Å². The topological polar surface area (TPSA) is 61.9 Å². The van der Waals surface area contributed by atoms with Gasteiger partial charge in [0.2, 0.25) is 11.8 Å². The van der Waals surface area contributed by atoms with E-state index in [1.165, 1.54) is 12.1 Å². The fourth-order valence-electron chi connectivity index (χ4n) is 4.27. The lowest BCUT2D eigenvalue weighted by molar-refractivity contribution is -0.118.